The van der Waals surface area contributed by atoms with Gasteiger partial charge in [0.1, 0.15) is 0 Å². The van der Waals surface area contributed by atoms with E-state index in [9.17, 15) is 13.6 Å². The lowest BCUT2D eigenvalue weighted by Crippen LogP contribution is -2.22. The number of anilines is 1. The molecule has 0 spiro atoms. The van der Waals surface area contributed by atoms with Gasteiger partial charge < -0.3 is 10.0 Å². The van der Waals surface area contributed by atoms with E-state index in [1.807, 2.05) is 0 Å². The van der Waals surface area contributed by atoms with E-state index >= 15 is 0 Å². The summed E-state index contributed by atoms with van der Waals surface area (Å²) in [6.45, 7) is 0.905. The highest BCUT2D eigenvalue weighted by Crippen LogP contribution is 2.25. The Morgan fingerprint density at radius 2 is 2.12 bits per heavy atom. The number of hydrogen-bond donors (Lipinski definition) is 1. The molecule has 1 heterocycles. The minimum Gasteiger partial charge on any atom is -0.481 e. The van der Waals surface area contributed by atoms with E-state index in [-0.39, 0.29) is 0 Å². The maximum absolute atomic E-state index is 13.0. The molecule has 0 radical (unpaired) electrons. The first-order valence-corrected chi connectivity index (χ1v) is 5.00. The Balaban J connectivity index is 2.14. The molecule has 1 N–H and O–H groups in total. The van der Waals surface area contributed by atoms with Crippen LogP contribution < -0.4 is 4.90 Å². The summed E-state index contributed by atoms with van der Waals surface area (Å²) in [6.07, 6.45) is 0.536. The summed E-state index contributed by atoms with van der Waals surface area (Å²) in [6, 6.07) is 3.61. The minimum atomic E-state index is -0.906. The van der Waals surface area contributed by atoms with E-state index in [4.69, 9.17) is 5.11 Å². The molecule has 1 unspecified atom stereocenters. The molecule has 1 saturated heterocycles. The third-order valence-corrected chi connectivity index (χ3v) is 2.81. The van der Waals surface area contributed by atoms with Gasteiger partial charge in [0.25, 0.3) is 0 Å². The second kappa shape index (κ2) is 4.08. The van der Waals surface area contributed by atoms with Gasteiger partial charge in [0.15, 0.2) is 11.6 Å². The maximum atomic E-state index is 13.0. The first-order chi connectivity index (χ1) is 7.58. The highest BCUT2D eigenvalue weighted by molar-refractivity contribution is 5.72. The van der Waals surface area contributed by atoms with Crippen molar-refractivity contribution in [3.8, 4) is 0 Å². The first kappa shape index (κ1) is 10.9. The van der Waals surface area contributed by atoms with E-state index in [0.717, 1.165) is 12.1 Å². The van der Waals surface area contributed by atoms with Crippen molar-refractivity contribution in [2.24, 2.45) is 5.92 Å². The number of nitrogens with zero attached hydrogens (tertiary/aromatic N) is 1. The van der Waals surface area contributed by atoms with Gasteiger partial charge in [-0.15, -0.1) is 0 Å². The van der Waals surface area contributed by atoms with Crippen molar-refractivity contribution < 1.29 is 18.7 Å². The lowest BCUT2D eigenvalue weighted by molar-refractivity contribution is -0.140. The van der Waals surface area contributed by atoms with Crippen LogP contribution in [0.4, 0.5) is 14.5 Å². The summed E-state index contributed by atoms with van der Waals surface area (Å²) in [5.41, 5.74) is 0.530. The third kappa shape index (κ3) is 1.98. The topological polar surface area (TPSA) is 40.5 Å². The van der Waals surface area contributed by atoms with Gasteiger partial charge >= 0.3 is 5.97 Å². The van der Waals surface area contributed by atoms with Crippen LogP contribution in [0.15, 0.2) is 18.2 Å². The van der Waals surface area contributed by atoms with E-state index in [1.165, 1.54) is 6.07 Å². The molecule has 1 aliphatic heterocycles. The van der Waals surface area contributed by atoms with Crippen LogP contribution in [-0.4, -0.2) is 24.2 Å². The van der Waals surface area contributed by atoms with Crippen molar-refractivity contribution in [1.82, 2.24) is 0 Å². The second-order valence-electron chi connectivity index (χ2n) is 3.87. The fourth-order valence-corrected chi connectivity index (χ4v) is 1.88. The number of halogens is 2. The number of aliphatic carboxylic acids is 1. The maximum Gasteiger partial charge on any atom is 0.308 e. The number of carbonyl (C=O) groups is 1. The predicted octanol–water partition coefficient (Wildman–Crippen LogP) is 1.88. The summed E-state index contributed by atoms with van der Waals surface area (Å²) >= 11 is 0. The van der Waals surface area contributed by atoms with E-state index in [2.05, 4.69) is 0 Å². The zero-order chi connectivity index (χ0) is 11.7. The molecule has 0 amide bonds. The molecule has 1 aromatic carbocycles. The lowest BCUT2D eigenvalue weighted by atomic mass is 10.1. The molecule has 16 heavy (non-hydrogen) atoms. The average molecular weight is 227 g/mol. The first-order valence-electron chi connectivity index (χ1n) is 5.00. The van der Waals surface area contributed by atoms with Crippen molar-refractivity contribution in [3.05, 3.63) is 29.8 Å². The van der Waals surface area contributed by atoms with E-state index < -0.39 is 23.5 Å². The largest absolute Gasteiger partial charge is 0.481 e. The van der Waals surface area contributed by atoms with Crippen LogP contribution in [0.5, 0.6) is 0 Å². The fraction of sp³-hybridized carbons (Fsp3) is 0.364. The number of benzene rings is 1. The van der Waals surface area contributed by atoms with Crippen LogP contribution in [0, 0.1) is 17.6 Å². The highest BCUT2D eigenvalue weighted by Gasteiger charge is 2.28. The van der Waals surface area contributed by atoms with Crippen molar-refractivity contribution in [1.29, 1.82) is 0 Å². The molecule has 3 nitrogen and oxygen atoms in total. The quantitative estimate of drug-likeness (QED) is 0.838. The van der Waals surface area contributed by atoms with Crippen LogP contribution in [0.3, 0.4) is 0 Å². The van der Waals surface area contributed by atoms with E-state index in [0.29, 0.717) is 25.2 Å². The Morgan fingerprint density at radius 3 is 2.69 bits per heavy atom. The zero-order valence-electron chi connectivity index (χ0n) is 8.49. The fourth-order valence-electron chi connectivity index (χ4n) is 1.88. The normalized spacial score (nSPS) is 20.1. The van der Waals surface area contributed by atoms with Crippen molar-refractivity contribution in [2.75, 3.05) is 18.0 Å². The molecule has 0 bridgehead atoms. The summed E-state index contributed by atoms with van der Waals surface area (Å²) in [4.78, 5) is 12.5. The van der Waals surface area contributed by atoms with Crippen LogP contribution in [0.25, 0.3) is 0 Å². The van der Waals surface area contributed by atoms with Gasteiger partial charge in [0, 0.05) is 24.8 Å². The van der Waals surface area contributed by atoms with Gasteiger partial charge in [-0.1, -0.05) is 0 Å². The number of rotatable bonds is 2. The number of carboxylic acids is 1. The standard InChI is InChI=1S/C11H11F2NO2/c12-9-2-1-8(5-10(9)13)14-4-3-7(6-14)11(15)16/h1-2,5,7H,3-4,6H2,(H,15,16). The van der Waals surface area contributed by atoms with Crippen LogP contribution in [-0.2, 0) is 4.79 Å². The molecule has 1 atom stereocenters. The predicted molar refractivity (Wildman–Crippen MR) is 54.3 cm³/mol. The molecule has 2 rings (SSSR count). The zero-order valence-corrected chi connectivity index (χ0v) is 8.49. The Labute approximate surface area is 91.3 Å². The smallest absolute Gasteiger partial charge is 0.308 e. The lowest BCUT2D eigenvalue weighted by Gasteiger charge is -2.17. The summed E-state index contributed by atoms with van der Waals surface area (Å²) in [5, 5.41) is 8.82. The Kier molecular flexibility index (Phi) is 2.77. The van der Waals surface area contributed by atoms with Gasteiger partial charge in [-0.2, -0.15) is 0 Å². The molecule has 1 aliphatic rings. The molecular formula is C11H11F2NO2. The van der Waals surface area contributed by atoms with Crippen LogP contribution >= 0.6 is 0 Å². The minimum absolute atomic E-state index is 0.348. The summed E-state index contributed by atoms with van der Waals surface area (Å²) in [7, 11) is 0. The molecule has 5 heteroatoms. The Hall–Kier alpha value is -1.65. The molecule has 1 aromatic rings. The average Bonchev–Trinajstić information content (AvgIpc) is 2.71. The monoisotopic (exact) mass is 227 g/mol. The molecule has 86 valence electrons. The molecule has 0 aliphatic carbocycles. The summed E-state index contributed by atoms with van der Waals surface area (Å²) < 4.78 is 25.7. The highest BCUT2D eigenvalue weighted by atomic mass is 19.2. The SMILES string of the molecule is O=C(O)C1CCN(c2ccc(F)c(F)c2)C1. The van der Waals surface area contributed by atoms with Gasteiger partial charge in [-0.3, -0.25) is 4.79 Å². The summed E-state index contributed by atoms with van der Waals surface area (Å²) in [5.74, 6) is -3.06. The van der Waals surface area contributed by atoms with Gasteiger partial charge in [0.2, 0.25) is 0 Å². The van der Waals surface area contributed by atoms with Gasteiger partial charge in [-0.25, -0.2) is 8.78 Å². The Morgan fingerprint density at radius 1 is 1.38 bits per heavy atom. The van der Waals surface area contributed by atoms with Gasteiger partial charge in [0.05, 0.1) is 5.92 Å². The molecular weight excluding hydrogens is 216 g/mol. The van der Waals surface area contributed by atoms with Crippen molar-refractivity contribution >= 4 is 11.7 Å². The van der Waals surface area contributed by atoms with Gasteiger partial charge in [-0.05, 0) is 18.6 Å². The van der Waals surface area contributed by atoms with Crippen molar-refractivity contribution in [3.63, 3.8) is 0 Å². The molecule has 1 fully saturated rings. The molecule has 0 saturated carbocycles. The van der Waals surface area contributed by atoms with E-state index in [1.54, 1.807) is 4.90 Å². The number of hydrogen-bond acceptors (Lipinski definition) is 2. The second-order valence-corrected chi connectivity index (χ2v) is 3.87. The van der Waals surface area contributed by atoms with Crippen LogP contribution in [0.1, 0.15) is 6.42 Å². The number of carboxylic acid groups (broad SMARTS) is 1. The molecule has 0 aromatic heterocycles. The third-order valence-electron chi connectivity index (χ3n) is 2.81. The Bertz CT molecular complexity index is 422. The van der Waals surface area contributed by atoms with Crippen LogP contribution in [0.2, 0.25) is 0 Å². The van der Waals surface area contributed by atoms with Crippen molar-refractivity contribution in [2.45, 2.75) is 6.42 Å².